The van der Waals surface area contributed by atoms with E-state index < -0.39 is 28.8 Å². The van der Waals surface area contributed by atoms with Crippen molar-refractivity contribution in [1.82, 2.24) is 14.7 Å². The molecule has 0 saturated carbocycles. The Hall–Kier alpha value is -3.23. The molecule has 7 nitrogen and oxygen atoms in total. The monoisotopic (exact) mass is 462 g/mol. The first-order valence-electron chi connectivity index (χ1n) is 9.03. The highest BCUT2D eigenvalue weighted by atomic mass is 35.5. The lowest BCUT2D eigenvalue weighted by molar-refractivity contribution is -0.116. The second kappa shape index (κ2) is 9.28. The number of carbonyl (C=O) groups is 2. The largest absolute Gasteiger partial charge is 0.331 e. The van der Waals surface area contributed by atoms with Crippen LogP contribution in [0.15, 0.2) is 53.3 Å². The fourth-order valence-corrected chi connectivity index (χ4v) is 3.10. The molecule has 1 N–H and O–H groups in total. The number of likely N-dealkylation sites (N-methyl/N-ethyl adjacent to an activating group) is 1. The summed E-state index contributed by atoms with van der Waals surface area (Å²) < 4.78 is 15.3. The molecule has 3 rings (SSSR count). The van der Waals surface area contributed by atoms with Crippen LogP contribution in [0, 0.1) is 12.7 Å². The summed E-state index contributed by atoms with van der Waals surface area (Å²) in [6, 6.07) is 11.6. The van der Waals surface area contributed by atoms with Crippen molar-refractivity contribution < 1.29 is 14.0 Å². The topological polar surface area (TPSA) is 84.3 Å². The van der Waals surface area contributed by atoms with Gasteiger partial charge in [-0.05, 0) is 37.3 Å². The summed E-state index contributed by atoms with van der Waals surface area (Å²) in [5, 5.41) is 7.23. The molecule has 0 atom stereocenters. The van der Waals surface area contributed by atoms with Crippen LogP contribution in [0.1, 0.15) is 16.2 Å². The molecule has 2 aromatic carbocycles. The third kappa shape index (κ3) is 5.10. The molecular weight excluding hydrogens is 446 g/mol. The number of benzene rings is 2. The van der Waals surface area contributed by atoms with Crippen LogP contribution in [0.5, 0.6) is 0 Å². The lowest BCUT2D eigenvalue weighted by Gasteiger charge is -2.17. The SMILES string of the molecule is Cc1cc(=O)c(C(=O)N(C)CC(=O)Nc2ccc(Cl)c(Cl)c2)nn1-c1ccccc1F. The maximum atomic E-state index is 14.2. The van der Waals surface area contributed by atoms with E-state index in [1.807, 2.05) is 0 Å². The van der Waals surface area contributed by atoms with E-state index in [2.05, 4.69) is 10.4 Å². The number of amides is 2. The smallest absolute Gasteiger partial charge is 0.278 e. The zero-order valence-corrected chi connectivity index (χ0v) is 18.0. The summed E-state index contributed by atoms with van der Waals surface area (Å²) in [5.41, 5.74) is -0.220. The van der Waals surface area contributed by atoms with Crippen molar-refractivity contribution >= 4 is 40.7 Å². The fraction of sp³-hybridized carbons (Fsp3) is 0.143. The molecule has 3 aromatic rings. The second-order valence-corrected chi connectivity index (χ2v) is 7.51. The molecule has 31 heavy (non-hydrogen) atoms. The predicted molar refractivity (Wildman–Crippen MR) is 117 cm³/mol. The summed E-state index contributed by atoms with van der Waals surface area (Å²) >= 11 is 11.8. The average molecular weight is 463 g/mol. The van der Waals surface area contributed by atoms with Gasteiger partial charge in [0, 0.05) is 24.5 Å². The van der Waals surface area contributed by atoms with Gasteiger partial charge in [0.2, 0.25) is 11.3 Å². The van der Waals surface area contributed by atoms with Gasteiger partial charge in [0.1, 0.15) is 11.5 Å². The van der Waals surface area contributed by atoms with Crippen molar-refractivity contribution in [2.75, 3.05) is 18.9 Å². The van der Waals surface area contributed by atoms with E-state index in [1.54, 1.807) is 19.1 Å². The van der Waals surface area contributed by atoms with Crippen LogP contribution >= 0.6 is 23.2 Å². The molecule has 2 amide bonds. The highest BCUT2D eigenvalue weighted by molar-refractivity contribution is 6.42. The highest BCUT2D eigenvalue weighted by Crippen LogP contribution is 2.25. The average Bonchev–Trinajstić information content (AvgIpc) is 2.71. The van der Waals surface area contributed by atoms with Gasteiger partial charge in [-0.3, -0.25) is 14.4 Å². The minimum absolute atomic E-state index is 0.0917. The number of carbonyl (C=O) groups excluding carboxylic acids is 2. The van der Waals surface area contributed by atoms with Crippen molar-refractivity contribution in [2.24, 2.45) is 0 Å². The minimum atomic E-state index is -0.778. The molecule has 1 heterocycles. The number of para-hydroxylation sites is 1. The highest BCUT2D eigenvalue weighted by Gasteiger charge is 2.21. The molecule has 1 aromatic heterocycles. The van der Waals surface area contributed by atoms with Crippen molar-refractivity contribution in [2.45, 2.75) is 6.92 Å². The lowest BCUT2D eigenvalue weighted by atomic mass is 10.2. The summed E-state index contributed by atoms with van der Waals surface area (Å²) in [6.45, 7) is 1.22. The number of aryl methyl sites for hydroxylation is 1. The first-order valence-corrected chi connectivity index (χ1v) is 9.79. The van der Waals surface area contributed by atoms with Crippen LogP contribution in [0.25, 0.3) is 5.69 Å². The fourth-order valence-electron chi connectivity index (χ4n) is 2.81. The zero-order chi connectivity index (χ0) is 22.7. The Morgan fingerprint density at radius 2 is 1.84 bits per heavy atom. The molecular formula is C21H17Cl2FN4O3. The number of anilines is 1. The van der Waals surface area contributed by atoms with Gasteiger partial charge >= 0.3 is 0 Å². The van der Waals surface area contributed by atoms with Crippen LogP contribution in [-0.4, -0.2) is 40.1 Å². The van der Waals surface area contributed by atoms with Gasteiger partial charge in [-0.15, -0.1) is 0 Å². The Labute approximate surface area is 187 Å². The summed E-state index contributed by atoms with van der Waals surface area (Å²) in [7, 11) is 1.35. The number of nitrogens with one attached hydrogen (secondary N) is 1. The molecule has 0 radical (unpaired) electrons. The molecule has 160 valence electrons. The van der Waals surface area contributed by atoms with E-state index in [9.17, 15) is 18.8 Å². The van der Waals surface area contributed by atoms with E-state index in [0.29, 0.717) is 16.4 Å². The Morgan fingerprint density at radius 3 is 2.52 bits per heavy atom. The number of nitrogens with zero attached hydrogens (tertiary/aromatic N) is 3. The second-order valence-electron chi connectivity index (χ2n) is 6.70. The number of halogens is 3. The summed E-state index contributed by atoms with van der Waals surface area (Å²) in [5.74, 6) is -1.86. The van der Waals surface area contributed by atoms with Gasteiger partial charge in [0.15, 0.2) is 5.69 Å². The van der Waals surface area contributed by atoms with Crippen molar-refractivity contribution in [3.05, 3.63) is 86.0 Å². The van der Waals surface area contributed by atoms with E-state index in [0.717, 1.165) is 4.90 Å². The normalized spacial score (nSPS) is 10.6. The van der Waals surface area contributed by atoms with E-state index in [-0.39, 0.29) is 17.3 Å². The van der Waals surface area contributed by atoms with Gasteiger partial charge < -0.3 is 10.2 Å². The lowest BCUT2D eigenvalue weighted by Crippen LogP contribution is -2.38. The molecule has 0 fully saturated rings. The van der Waals surface area contributed by atoms with Crippen molar-refractivity contribution in [3.8, 4) is 5.69 Å². The quantitative estimate of drug-likeness (QED) is 0.626. The Bertz CT molecular complexity index is 1230. The Kier molecular flexibility index (Phi) is 6.72. The number of aromatic nitrogens is 2. The molecule has 0 spiro atoms. The summed E-state index contributed by atoms with van der Waals surface area (Å²) in [6.07, 6.45) is 0. The van der Waals surface area contributed by atoms with Gasteiger partial charge in [-0.2, -0.15) is 5.10 Å². The van der Waals surface area contributed by atoms with Crippen molar-refractivity contribution in [3.63, 3.8) is 0 Å². The van der Waals surface area contributed by atoms with Crippen LogP contribution in [0.3, 0.4) is 0 Å². The molecule has 0 unspecified atom stereocenters. The maximum Gasteiger partial charge on any atom is 0.278 e. The Morgan fingerprint density at radius 1 is 1.13 bits per heavy atom. The van der Waals surface area contributed by atoms with Crippen LogP contribution in [0.2, 0.25) is 10.0 Å². The summed E-state index contributed by atoms with van der Waals surface area (Å²) in [4.78, 5) is 38.5. The molecule has 0 bridgehead atoms. The number of rotatable bonds is 5. The van der Waals surface area contributed by atoms with Crippen LogP contribution in [0.4, 0.5) is 10.1 Å². The number of hydrogen-bond donors (Lipinski definition) is 1. The number of hydrogen-bond acceptors (Lipinski definition) is 4. The standard InChI is InChI=1S/C21H17Cl2FN4O3/c1-12-9-18(29)20(26-28(12)17-6-4-3-5-16(17)24)21(31)27(2)11-19(30)25-13-7-8-14(22)15(23)10-13/h3-10H,11H2,1-2H3,(H,25,30). The van der Waals surface area contributed by atoms with Gasteiger partial charge in [0.25, 0.3) is 5.91 Å². The van der Waals surface area contributed by atoms with Crippen molar-refractivity contribution in [1.29, 1.82) is 0 Å². The molecule has 0 saturated heterocycles. The third-order valence-electron chi connectivity index (χ3n) is 4.32. The molecule has 0 aliphatic rings. The first kappa shape index (κ1) is 22.5. The maximum absolute atomic E-state index is 14.2. The molecule has 0 aliphatic carbocycles. The van der Waals surface area contributed by atoms with E-state index in [4.69, 9.17) is 23.2 Å². The molecule has 10 heteroatoms. The van der Waals surface area contributed by atoms with Crippen LogP contribution in [-0.2, 0) is 4.79 Å². The van der Waals surface area contributed by atoms with E-state index in [1.165, 1.54) is 48.1 Å². The minimum Gasteiger partial charge on any atom is -0.331 e. The predicted octanol–water partition coefficient (Wildman–Crippen LogP) is 3.70. The van der Waals surface area contributed by atoms with Gasteiger partial charge in [-0.25, -0.2) is 9.07 Å². The van der Waals surface area contributed by atoms with Gasteiger partial charge in [-0.1, -0.05) is 35.3 Å². The van der Waals surface area contributed by atoms with Gasteiger partial charge in [0.05, 0.1) is 16.6 Å². The first-order chi connectivity index (χ1) is 14.7. The zero-order valence-electron chi connectivity index (χ0n) is 16.5. The van der Waals surface area contributed by atoms with Crippen LogP contribution < -0.4 is 10.7 Å². The molecule has 0 aliphatic heterocycles. The Balaban J connectivity index is 1.81. The van der Waals surface area contributed by atoms with E-state index >= 15 is 0 Å². The third-order valence-corrected chi connectivity index (χ3v) is 5.06.